The van der Waals surface area contributed by atoms with Crippen molar-refractivity contribution in [2.45, 2.75) is 25.7 Å². The van der Waals surface area contributed by atoms with Crippen LogP contribution in [-0.2, 0) is 9.47 Å². The van der Waals surface area contributed by atoms with Crippen LogP contribution in [0.5, 0.6) is 0 Å². The van der Waals surface area contributed by atoms with Gasteiger partial charge in [-0.3, -0.25) is 4.90 Å². The number of nitrogens with zero attached hydrogens (tertiary/aromatic N) is 1. The van der Waals surface area contributed by atoms with Gasteiger partial charge in [-0.25, -0.2) is 0 Å². The molecule has 3 nitrogen and oxygen atoms in total. The van der Waals surface area contributed by atoms with Crippen molar-refractivity contribution < 1.29 is 9.47 Å². The Hall–Kier alpha value is -0.960. The third-order valence-corrected chi connectivity index (χ3v) is 3.15. The van der Waals surface area contributed by atoms with E-state index in [0.717, 1.165) is 37.5 Å². The predicted octanol–water partition coefficient (Wildman–Crippen LogP) is 2.31. The van der Waals surface area contributed by atoms with Gasteiger partial charge in [0.25, 0.3) is 0 Å². The van der Waals surface area contributed by atoms with Gasteiger partial charge in [-0.05, 0) is 50.9 Å². The predicted molar refractivity (Wildman–Crippen MR) is 64.0 cm³/mol. The third kappa shape index (κ3) is 3.01. The van der Waals surface area contributed by atoms with E-state index in [4.69, 9.17) is 9.47 Å². The lowest BCUT2D eigenvalue weighted by atomic mass is 10.1. The van der Waals surface area contributed by atoms with Crippen LogP contribution in [0.3, 0.4) is 0 Å². The zero-order valence-corrected chi connectivity index (χ0v) is 10.1. The average molecular weight is 223 g/mol. The van der Waals surface area contributed by atoms with Crippen molar-refractivity contribution in [1.82, 2.24) is 4.90 Å². The molecule has 1 aliphatic heterocycles. The van der Waals surface area contributed by atoms with E-state index in [9.17, 15) is 0 Å². The number of methoxy groups -OCH3 is 1. The average Bonchev–Trinajstić information content (AvgIpc) is 2.83. The van der Waals surface area contributed by atoms with E-state index in [-0.39, 0.29) is 0 Å². The van der Waals surface area contributed by atoms with Crippen LogP contribution in [0.25, 0.3) is 0 Å². The van der Waals surface area contributed by atoms with E-state index in [1.54, 1.807) is 7.11 Å². The van der Waals surface area contributed by atoms with Gasteiger partial charge in [-0.15, -0.1) is 0 Å². The maximum atomic E-state index is 5.77. The Kier molecular flexibility index (Phi) is 4.28. The number of hydrogen-bond acceptors (Lipinski definition) is 3. The number of likely N-dealkylation sites (tertiary alicyclic amines) is 1. The zero-order valence-electron chi connectivity index (χ0n) is 10.1. The van der Waals surface area contributed by atoms with Crippen LogP contribution in [0.4, 0.5) is 0 Å². The molecule has 90 valence electrons. The molecule has 0 bridgehead atoms. The van der Waals surface area contributed by atoms with Crippen molar-refractivity contribution in [3.05, 3.63) is 23.7 Å². The summed E-state index contributed by atoms with van der Waals surface area (Å²) in [5.74, 6) is 1.82. The quantitative estimate of drug-likeness (QED) is 0.714. The van der Waals surface area contributed by atoms with Crippen LogP contribution in [-0.4, -0.2) is 38.3 Å². The summed E-state index contributed by atoms with van der Waals surface area (Å²) >= 11 is 0. The summed E-state index contributed by atoms with van der Waals surface area (Å²) < 4.78 is 11.1. The summed E-state index contributed by atoms with van der Waals surface area (Å²) in [5, 5.41) is 0. The van der Waals surface area contributed by atoms with Gasteiger partial charge in [0.1, 0.15) is 6.61 Å². The summed E-state index contributed by atoms with van der Waals surface area (Å²) in [6.45, 7) is 4.27. The third-order valence-electron chi connectivity index (χ3n) is 3.15. The van der Waals surface area contributed by atoms with Gasteiger partial charge < -0.3 is 9.47 Å². The molecule has 0 N–H and O–H groups in total. The first-order chi connectivity index (χ1) is 7.90. The van der Waals surface area contributed by atoms with Crippen LogP contribution >= 0.6 is 0 Å². The molecule has 0 aromatic rings. The molecule has 0 atom stereocenters. The van der Waals surface area contributed by atoms with Crippen molar-refractivity contribution in [3.8, 4) is 0 Å². The van der Waals surface area contributed by atoms with E-state index in [2.05, 4.69) is 17.1 Å². The summed E-state index contributed by atoms with van der Waals surface area (Å²) in [6, 6.07) is 0. The molecule has 1 saturated heterocycles. The Morgan fingerprint density at radius 2 is 1.81 bits per heavy atom. The second-order valence-electron chi connectivity index (χ2n) is 4.32. The Balaban J connectivity index is 1.72. The molecule has 0 amide bonds. The number of hydrogen-bond donors (Lipinski definition) is 0. The molecule has 2 aliphatic rings. The minimum Gasteiger partial charge on any atom is -0.493 e. The van der Waals surface area contributed by atoms with Crippen molar-refractivity contribution >= 4 is 0 Å². The van der Waals surface area contributed by atoms with Crippen molar-refractivity contribution in [2.24, 2.45) is 0 Å². The first-order valence-corrected chi connectivity index (χ1v) is 6.20. The van der Waals surface area contributed by atoms with Gasteiger partial charge in [-0.1, -0.05) is 0 Å². The van der Waals surface area contributed by atoms with Gasteiger partial charge in [0.05, 0.1) is 7.11 Å². The maximum absolute atomic E-state index is 5.77. The van der Waals surface area contributed by atoms with Crippen LogP contribution in [0.2, 0.25) is 0 Å². The molecule has 0 aromatic carbocycles. The summed E-state index contributed by atoms with van der Waals surface area (Å²) in [7, 11) is 1.70. The first-order valence-electron chi connectivity index (χ1n) is 6.20. The molecule has 0 spiro atoms. The Bertz CT molecular complexity index is 278. The minimum atomic E-state index is 0.770. The van der Waals surface area contributed by atoms with Crippen LogP contribution in [0.1, 0.15) is 25.7 Å². The molecule has 1 aliphatic carbocycles. The molecular formula is C13H21NO2. The van der Waals surface area contributed by atoms with Crippen molar-refractivity contribution in [2.75, 3.05) is 33.4 Å². The minimum absolute atomic E-state index is 0.770. The monoisotopic (exact) mass is 223 g/mol. The Morgan fingerprint density at radius 3 is 2.50 bits per heavy atom. The lowest BCUT2D eigenvalue weighted by Gasteiger charge is -2.19. The highest BCUT2D eigenvalue weighted by molar-refractivity contribution is 5.23. The highest BCUT2D eigenvalue weighted by Crippen LogP contribution is 2.20. The molecular weight excluding hydrogens is 202 g/mol. The largest absolute Gasteiger partial charge is 0.493 e. The van der Waals surface area contributed by atoms with Crippen LogP contribution in [0.15, 0.2) is 23.7 Å². The summed E-state index contributed by atoms with van der Waals surface area (Å²) in [5.41, 5.74) is 0. The fourth-order valence-corrected chi connectivity index (χ4v) is 2.23. The fraction of sp³-hybridized carbons (Fsp3) is 0.692. The van der Waals surface area contributed by atoms with E-state index < -0.39 is 0 Å². The lowest BCUT2D eigenvalue weighted by Crippen LogP contribution is -2.24. The van der Waals surface area contributed by atoms with Gasteiger partial charge in [0.15, 0.2) is 11.5 Å². The standard InChI is InChI=1S/C13H21NO2/c1-15-12-6-2-3-7-13(12)16-11-10-14-8-4-5-9-14/h6-7H,2-5,8-11H2,1H3. The lowest BCUT2D eigenvalue weighted by molar-refractivity contribution is 0.148. The molecule has 3 heteroatoms. The molecule has 0 radical (unpaired) electrons. The van der Waals surface area contributed by atoms with E-state index >= 15 is 0 Å². The van der Waals surface area contributed by atoms with E-state index in [1.807, 2.05) is 0 Å². The Labute approximate surface area is 97.7 Å². The van der Waals surface area contributed by atoms with E-state index in [0.29, 0.717) is 0 Å². The van der Waals surface area contributed by atoms with Crippen LogP contribution < -0.4 is 0 Å². The highest BCUT2D eigenvalue weighted by Gasteiger charge is 2.13. The zero-order chi connectivity index (χ0) is 11.2. The molecule has 0 unspecified atom stereocenters. The van der Waals surface area contributed by atoms with Crippen molar-refractivity contribution in [1.29, 1.82) is 0 Å². The van der Waals surface area contributed by atoms with Crippen LogP contribution in [0, 0.1) is 0 Å². The first kappa shape index (κ1) is 11.5. The number of rotatable bonds is 5. The van der Waals surface area contributed by atoms with Gasteiger partial charge in [0.2, 0.25) is 0 Å². The van der Waals surface area contributed by atoms with Gasteiger partial charge >= 0.3 is 0 Å². The normalized spacial score (nSPS) is 21.6. The fourth-order valence-electron chi connectivity index (χ4n) is 2.23. The highest BCUT2D eigenvalue weighted by atomic mass is 16.5. The SMILES string of the molecule is COC1=CCCC=C1OCCN1CCCC1. The van der Waals surface area contributed by atoms with E-state index in [1.165, 1.54) is 25.9 Å². The Morgan fingerprint density at radius 1 is 1.12 bits per heavy atom. The molecule has 0 aromatic heterocycles. The number of allylic oxidation sites excluding steroid dienone is 2. The van der Waals surface area contributed by atoms with Crippen molar-refractivity contribution in [3.63, 3.8) is 0 Å². The molecule has 1 heterocycles. The molecule has 1 fully saturated rings. The second kappa shape index (κ2) is 5.94. The van der Waals surface area contributed by atoms with Gasteiger partial charge in [-0.2, -0.15) is 0 Å². The molecule has 2 rings (SSSR count). The number of ether oxygens (including phenoxy) is 2. The smallest absolute Gasteiger partial charge is 0.156 e. The topological polar surface area (TPSA) is 21.7 Å². The second-order valence-corrected chi connectivity index (χ2v) is 4.32. The van der Waals surface area contributed by atoms with Gasteiger partial charge in [0, 0.05) is 6.54 Å². The summed E-state index contributed by atoms with van der Waals surface area (Å²) in [4.78, 5) is 2.46. The maximum Gasteiger partial charge on any atom is 0.156 e. The summed E-state index contributed by atoms with van der Waals surface area (Å²) in [6.07, 6.45) is 9.03. The molecule has 16 heavy (non-hydrogen) atoms. The molecule has 0 saturated carbocycles.